The topological polar surface area (TPSA) is 116 Å². The van der Waals surface area contributed by atoms with Gasteiger partial charge in [0, 0.05) is 16.1 Å². The van der Waals surface area contributed by atoms with E-state index in [2.05, 4.69) is 58.5 Å². The van der Waals surface area contributed by atoms with Gasteiger partial charge in [0.15, 0.2) is 5.82 Å². The maximum Gasteiger partial charge on any atom is 0.275 e. The summed E-state index contributed by atoms with van der Waals surface area (Å²) in [5.74, 6) is 0.723. The van der Waals surface area contributed by atoms with E-state index >= 15 is 0 Å². The molecule has 1 saturated carbocycles. The van der Waals surface area contributed by atoms with Crippen LogP contribution in [0.3, 0.4) is 0 Å². The van der Waals surface area contributed by atoms with Crippen molar-refractivity contribution < 1.29 is 9.59 Å². The molecule has 2 heterocycles. The Hall–Kier alpha value is -3.59. The number of tetrazole rings is 1. The van der Waals surface area contributed by atoms with Crippen molar-refractivity contribution >= 4 is 29.1 Å². The molecule has 1 spiro atoms. The number of nitrogens with zero attached hydrogens (tertiary/aromatic N) is 5. The largest absolute Gasteiger partial charge is 0.345 e. The number of aromatic nitrogens is 4. The van der Waals surface area contributed by atoms with E-state index in [4.69, 9.17) is 16.6 Å². The second-order valence-electron chi connectivity index (χ2n) is 12.2. The first kappa shape index (κ1) is 28.9. The minimum atomic E-state index is -0.589. The Labute approximate surface area is 246 Å². The van der Waals surface area contributed by atoms with Gasteiger partial charge in [-0.3, -0.25) is 14.6 Å². The van der Waals surface area contributed by atoms with E-state index in [-0.39, 0.29) is 29.8 Å². The summed E-state index contributed by atoms with van der Waals surface area (Å²) in [6.45, 7) is 9.22. The summed E-state index contributed by atoms with van der Waals surface area (Å²) in [6, 6.07) is 14.8. The Morgan fingerprint density at radius 1 is 1.12 bits per heavy atom. The number of amides is 2. The third-order valence-corrected chi connectivity index (χ3v) is 8.80. The summed E-state index contributed by atoms with van der Waals surface area (Å²) in [5, 5.41) is 17.1. The zero-order valence-corrected chi connectivity index (χ0v) is 24.9. The van der Waals surface area contributed by atoms with Crippen molar-refractivity contribution in [3.05, 3.63) is 76.1 Å². The van der Waals surface area contributed by atoms with Gasteiger partial charge in [-0.1, -0.05) is 75.2 Å². The van der Waals surface area contributed by atoms with Crippen LogP contribution in [-0.4, -0.2) is 48.7 Å². The molecular formula is C31H38ClN7O2. The molecule has 1 aliphatic heterocycles. The van der Waals surface area contributed by atoms with Gasteiger partial charge in [0.25, 0.3) is 11.8 Å². The highest BCUT2D eigenvalue weighted by molar-refractivity contribution is 6.47. The quantitative estimate of drug-likeness (QED) is 0.347. The molecular weight excluding hydrogens is 538 g/mol. The predicted octanol–water partition coefficient (Wildman–Crippen LogP) is 5.89. The fourth-order valence-electron chi connectivity index (χ4n) is 6.23. The molecule has 3 aromatic rings. The monoisotopic (exact) mass is 575 g/mol. The Balaban J connectivity index is 1.44. The molecule has 0 bridgehead atoms. The number of nitrogens with one attached hydrogen (secondary N) is 2. The third-order valence-electron chi connectivity index (χ3n) is 8.55. The molecule has 0 radical (unpaired) electrons. The van der Waals surface area contributed by atoms with Crippen LogP contribution in [0.2, 0.25) is 5.02 Å². The minimum absolute atomic E-state index is 0.0399. The van der Waals surface area contributed by atoms with Crippen molar-refractivity contribution in [3.8, 4) is 0 Å². The van der Waals surface area contributed by atoms with Crippen LogP contribution in [-0.2, 0) is 11.3 Å². The first-order valence-corrected chi connectivity index (χ1v) is 14.8. The third kappa shape index (κ3) is 6.05. The smallest absolute Gasteiger partial charge is 0.275 e. The highest BCUT2D eigenvalue weighted by atomic mass is 35.5. The van der Waals surface area contributed by atoms with Crippen LogP contribution in [0.25, 0.3) is 0 Å². The molecule has 216 valence electrons. The average Bonchev–Trinajstić information content (AvgIpc) is 3.57. The number of benzene rings is 2. The summed E-state index contributed by atoms with van der Waals surface area (Å²) < 4.78 is 0. The first-order chi connectivity index (χ1) is 19.6. The lowest BCUT2D eigenvalue weighted by Crippen LogP contribution is -2.51. The maximum absolute atomic E-state index is 14.3. The van der Waals surface area contributed by atoms with Crippen molar-refractivity contribution in [3.63, 3.8) is 0 Å². The Morgan fingerprint density at radius 2 is 1.80 bits per heavy atom. The average molecular weight is 576 g/mol. The van der Waals surface area contributed by atoms with E-state index in [0.29, 0.717) is 28.0 Å². The fraction of sp³-hybridized carbons (Fsp3) is 0.484. The van der Waals surface area contributed by atoms with E-state index in [1.807, 2.05) is 48.5 Å². The number of hydrogen-bond donors (Lipinski definition) is 2. The standard InChI is InChI=1S/C31H38ClN7O2/c1-5-6-25(20-7-9-22(10-8-20)28(40)33-19-26-35-37-38-36-26)39-29(41)27(21-11-13-24(32)14-12-21)34-31(39)17-15-23(16-18-31)30(2,3)4/h7-14,23,25H,5-6,15-19H2,1-4H3,(H,33,40)(H,35,36,37,38)/t23?,25-,31?/m1/s1. The lowest BCUT2D eigenvalue weighted by Gasteiger charge is -2.47. The van der Waals surface area contributed by atoms with Crippen molar-refractivity contribution in [1.82, 2.24) is 30.8 Å². The second kappa shape index (κ2) is 11.7. The molecule has 1 fully saturated rings. The van der Waals surface area contributed by atoms with E-state index < -0.39 is 5.66 Å². The van der Waals surface area contributed by atoms with E-state index in [1.54, 1.807) is 0 Å². The highest BCUT2D eigenvalue weighted by Crippen LogP contribution is 2.49. The first-order valence-electron chi connectivity index (χ1n) is 14.4. The lowest BCUT2D eigenvalue weighted by molar-refractivity contribution is -0.133. The molecule has 10 heteroatoms. The van der Waals surface area contributed by atoms with Gasteiger partial charge in [0.05, 0.1) is 12.6 Å². The normalized spacial score (nSPS) is 21.7. The maximum atomic E-state index is 14.3. The number of aromatic amines is 1. The van der Waals surface area contributed by atoms with Crippen LogP contribution in [0.5, 0.6) is 0 Å². The van der Waals surface area contributed by atoms with Gasteiger partial charge in [0.1, 0.15) is 11.4 Å². The van der Waals surface area contributed by atoms with Gasteiger partial charge < -0.3 is 10.2 Å². The molecule has 0 unspecified atom stereocenters. The van der Waals surface area contributed by atoms with E-state index in [0.717, 1.165) is 49.7 Å². The Morgan fingerprint density at radius 3 is 2.39 bits per heavy atom. The van der Waals surface area contributed by atoms with Crippen LogP contribution in [0.1, 0.15) is 99.6 Å². The van der Waals surface area contributed by atoms with Gasteiger partial charge in [-0.15, -0.1) is 10.2 Å². The number of rotatable bonds is 8. The molecule has 0 saturated heterocycles. The number of H-pyrrole nitrogens is 1. The van der Waals surface area contributed by atoms with E-state index in [1.165, 1.54) is 0 Å². The molecule has 2 amide bonds. The number of aliphatic imine (C=N–C) groups is 1. The Kier molecular flexibility index (Phi) is 8.27. The second-order valence-corrected chi connectivity index (χ2v) is 12.6. The number of carbonyl (C=O) groups is 2. The van der Waals surface area contributed by atoms with Gasteiger partial charge in [0.2, 0.25) is 0 Å². The van der Waals surface area contributed by atoms with Crippen LogP contribution >= 0.6 is 11.6 Å². The summed E-state index contributed by atoms with van der Waals surface area (Å²) in [7, 11) is 0. The van der Waals surface area contributed by atoms with Gasteiger partial charge in [-0.25, -0.2) is 0 Å². The van der Waals surface area contributed by atoms with Crippen molar-refractivity contribution in [2.75, 3.05) is 0 Å². The summed E-state index contributed by atoms with van der Waals surface area (Å²) >= 11 is 6.16. The Bertz CT molecular complexity index is 1390. The number of hydrogen-bond acceptors (Lipinski definition) is 6. The van der Waals surface area contributed by atoms with Gasteiger partial charge in [-0.05, 0) is 73.3 Å². The summed E-state index contributed by atoms with van der Waals surface area (Å²) in [4.78, 5) is 34.3. The number of carbonyl (C=O) groups excluding carboxylic acids is 2. The minimum Gasteiger partial charge on any atom is -0.345 e. The summed E-state index contributed by atoms with van der Waals surface area (Å²) in [6.07, 6.45) is 5.39. The predicted molar refractivity (Wildman–Crippen MR) is 158 cm³/mol. The number of halogens is 1. The highest BCUT2D eigenvalue weighted by Gasteiger charge is 2.52. The SMILES string of the molecule is CCC[C@H](c1ccc(C(=O)NCc2nn[nH]n2)cc1)N1C(=O)C(c2ccc(Cl)cc2)=NC12CCC(C(C)(C)C)CC2. The molecule has 5 rings (SSSR count). The molecule has 1 aliphatic carbocycles. The zero-order chi connectivity index (χ0) is 29.2. The van der Waals surface area contributed by atoms with Crippen molar-refractivity contribution in [2.45, 2.75) is 84.5 Å². The van der Waals surface area contributed by atoms with Gasteiger partial charge in [-0.2, -0.15) is 5.21 Å². The fourth-order valence-corrected chi connectivity index (χ4v) is 6.36. The van der Waals surface area contributed by atoms with Crippen LogP contribution in [0.15, 0.2) is 53.5 Å². The van der Waals surface area contributed by atoms with Crippen molar-refractivity contribution in [1.29, 1.82) is 0 Å². The molecule has 9 nitrogen and oxygen atoms in total. The lowest BCUT2D eigenvalue weighted by atomic mass is 9.69. The van der Waals surface area contributed by atoms with Crippen LogP contribution < -0.4 is 5.32 Å². The zero-order valence-electron chi connectivity index (χ0n) is 24.2. The molecule has 2 N–H and O–H groups in total. The van der Waals surface area contributed by atoms with E-state index in [9.17, 15) is 9.59 Å². The van der Waals surface area contributed by atoms with Crippen LogP contribution in [0.4, 0.5) is 0 Å². The molecule has 1 atom stereocenters. The summed E-state index contributed by atoms with van der Waals surface area (Å²) in [5.41, 5.74) is 2.45. The molecule has 2 aromatic carbocycles. The van der Waals surface area contributed by atoms with Crippen LogP contribution in [0, 0.1) is 11.3 Å². The van der Waals surface area contributed by atoms with Gasteiger partial charge >= 0.3 is 0 Å². The molecule has 2 aliphatic rings. The molecule has 41 heavy (non-hydrogen) atoms. The van der Waals surface area contributed by atoms with Crippen molar-refractivity contribution in [2.24, 2.45) is 16.3 Å². The molecule has 1 aromatic heterocycles.